The number of nitrogens with one attached hydrogen (secondary N) is 2. The topological polar surface area (TPSA) is 84.7 Å². The summed E-state index contributed by atoms with van der Waals surface area (Å²) in [7, 11) is 0. The number of benzene rings is 1. The molecule has 2 aromatic heterocycles. The lowest BCUT2D eigenvalue weighted by Gasteiger charge is -2.14. The van der Waals surface area contributed by atoms with E-state index in [1.54, 1.807) is 6.20 Å². The number of hydrogen-bond acceptors (Lipinski definition) is 7. The summed E-state index contributed by atoms with van der Waals surface area (Å²) >= 11 is 2.83. The van der Waals surface area contributed by atoms with Crippen molar-refractivity contribution in [3.63, 3.8) is 0 Å². The zero-order valence-corrected chi connectivity index (χ0v) is 17.9. The standard InChI is InChI=1S/C20H24N6OS2/c1-2-14-7-9-15(10-8-14)22-19-24-25-20(29-19)28-13-18(27)23-17-11-12-21-26(17)16-5-3-4-6-16/h7-12,16H,2-6,13H2,1H3,(H,22,24)(H,23,27). The minimum absolute atomic E-state index is 0.0605. The van der Waals surface area contributed by atoms with E-state index in [-0.39, 0.29) is 11.7 Å². The van der Waals surface area contributed by atoms with Crippen LogP contribution in [0.2, 0.25) is 0 Å². The quantitative estimate of drug-likeness (QED) is 0.497. The van der Waals surface area contributed by atoms with E-state index in [9.17, 15) is 4.79 Å². The van der Waals surface area contributed by atoms with Crippen molar-refractivity contribution < 1.29 is 4.79 Å². The second-order valence-electron chi connectivity index (χ2n) is 6.98. The molecule has 29 heavy (non-hydrogen) atoms. The molecule has 1 aromatic carbocycles. The molecule has 0 aliphatic heterocycles. The Balaban J connectivity index is 1.28. The molecule has 3 aromatic rings. The van der Waals surface area contributed by atoms with E-state index in [2.05, 4.69) is 45.0 Å². The molecule has 0 spiro atoms. The fourth-order valence-electron chi connectivity index (χ4n) is 3.43. The van der Waals surface area contributed by atoms with E-state index >= 15 is 0 Å². The minimum Gasteiger partial charge on any atom is -0.330 e. The normalized spacial score (nSPS) is 14.2. The van der Waals surface area contributed by atoms with Gasteiger partial charge in [-0.05, 0) is 37.0 Å². The summed E-state index contributed by atoms with van der Waals surface area (Å²) in [6.45, 7) is 2.13. The highest BCUT2D eigenvalue weighted by Gasteiger charge is 2.20. The molecule has 152 valence electrons. The van der Waals surface area contributed by atoms with Gasteiger partial charge >= 0.3 is 0 Å². The van der Waals surface area contributed by atoms with E-state index < -0.39 is 0 Å². The number of aromatic nitrogens is 4. The first-order valence-electron chi connectivity index (χ1n) is 9.87. The molecule has 0 saturated heterocycles. The van der Waals surface area contributed by atoms with Crippen molar-refractivity contribution in [3.05, 3.63) is 42.1 Å². The van der Waals surface area contributed by atoms with Crippen molar-refractivity contribution in [1.82, 2.24) is 20.0 Å². The fraction of sp³-hybridized carbons (Fsp3) is 0.400. The van der Waals surface area contributed by atoms with Crippen molar-refractivity contribution >= 4 is 45.6 Å². The third-order valence-electron chi connectivity index (χ3n) is 4.96. The number of carbonyl (C=O) groups excluding carboxylic acids is 1. The van der Waals surface area contributed by atoms with E-state index in [0.717, 1.165) is 40.2 Å². The number of anilines is 3. The molecule has 9 heteroatoms. The predicted molar refractivity (Wildman–Crippen MR) is 118 cm³/mol. The molecule has 1 aliphatic carbocycles. The maximum atomic E-state index is 12.4. The molecule has 1 saturated carbocycles. The molecular formula is C20H24N6OS2. The number of thioether (sulfide) groups is 1. The first kappa shape index (κ1) is 19.9. The highest BCUT2D eigenvalue weighted by Crippen LogP contribution is 2.31. The summed E-state index contributed by atoms with van der Waals surface area (Å²) in [4.78, 5) is 12.4. The van der Waals surface area contributed by atoms with Crippen LogP contribution in [0.5, 0.6) is 0 Å². The number of rotatable bonds is 8. The summed E-state index contributed by atoms with van der Waals surface area (Å²) in [5.74, 6) is 1.00. The maximum absolute atomic E-state index is 12.4. The molecule has 0 bridgehead atoms. The molecule has 1 aliphatic rings. The van der Waals surface area contributed by atoms with Crippen molar-refractivity contribution in [1.29, 1.82) is 0 Å². The Morgan fingerprint density at radius 3 is 2.76 bits per heavy atom. The molecule has 2 N–H and O–H groups in total. The van der Waals surface area contributed by atoms with Crippen LogP contribution in [0.15, 0.2) is 40.9 Å². The van der Waals surface area contributed by atoms with Gasteiger partial charge in [-0.2, -0.15) is 5.10 Å². The second-order valence-corrected chi connectivity index (χ2v) is 9.18. The van der Waals surface area contributed by atoms with Crippen molar-refractivity contribution in [2.45, 2.75) is 49.4 Å². The Bertz CT molecular complexity index is 946. The average molecular weight is 429 g/mol. The lowest BCUT2D eigenvalue weighted by molar-refractivity contribution is -0.113. The summed E-state index contributed by atoms with van der Waals surface area (Å²) in [5, 5.41) is 19.7. The number of amides is 1. The molecule has 0 unspecified atom stereocenters. The largest absolute Gasteiger partial charge is 0.330 e. The highest BCUT2D eigenvalue weighted by molar-refractivity contribution is 8.01. The lowest BCUT2D eigenvalue weighted by Crippen LogP contribution is -2.19. The fourth-order valence-corrected chi connectivity index (χ4v) is 5.00. The number of aryl methyl sites for hydroxylation is 1. The van der Waals surface area contributed by atoms with Crippen LogP contribution in [0.3, 0.4) is 0 Å². The van der Waals surface area contributed by atoms with E-state index in [4.69, 9.17) is 0 Å². The summed E-state index contributed by atoms with van der Waals surface area (Å²) in [5.41, 5.74) is 2.28. The monoisotopic (exact) mass is 428 g/mol. The third kappa shape index (κ3) is 5.16. The molecule has 1 amide bonds. The Labute approximate surface area is 178 Å². The average Bonchev–Trinajstić information content (AvgIpc) is 3.49. The maximum Gasteiger partial charge on any atom is 0.235 e. The van der Waals surface area contributed by atoms with Crippen LogP contribution >= 0.6 is 23.1 Å². The second kappa shape index (κ2) is 9.41. The van der Waals surface area contributed by atoms with Crippen LogP contribution in [0.1, 0.15) is 44.2 Å². The minimum atomic E-state index is -0.0605. The van der Waals surface area contributed by atoms with Gasteiger partial charge in [-0.1, -0.05) is 55.0 Å². The molecule has 0 radical (unpaired) electrons. The van der Waals surface area contributed by atoms with Crippen molar-refractivity contribution in [3.8, 4) is 0 Å². The Kier molecular flexibility index (Phi) is 6.46. The molecule has 1 fully saturated rings. The molecule has 7 nitrogen and oxygen atoms in total. The summed E-state index contributed by atoms with van der Waals surface area (Å²) < 4.78 is 2.71. The van der Waals surface area contributed by atoms with Gasteiger partial charge in [-0.15, -0.1) is 10.2 Å². The number of nitrogens with zero attached hydrogens (tertiary/aromatic N) is 4. The van der Waals surface area contributed by atoms with E-state index in [0.29, 0.717) is 6.04 Å². The SMILES string of the molecule is CCc1ccc(Nc2nnc(SCC(=O)Nc3ccnn3C3CCCC3)s2)cc1. The summed E-state index contributed by atoms with van der Waals surface area (Å²) in [6, 6.07) is 10.5. The highest BCUT2D eigenvalue weighted by atomic mass is 32.2. The molecule has 0 atom stereocenters. The van der Waals surface area contributed by atoms with Crippen LogP contribution in [0, 0.1) is 0 Å². The predicted octanol–water partition coefficient (Wildman–Crippen LogP) is 4.89. The van der Waals surface area contributed by atoms with Gasteiger partial charge in [-0.25, -0.2) is 4.68 Å². The van der Waals surface area contributed by atoms with Gasteiger partial charge in [0.2, 0.25) is 11.0 Å². The third-order valence-corrected chi connectivity index (χ3v) is 6.93. The molecular weight excluding hydrogens is 404 g/mol. The Morgan fingerprint density at radius 1 is 1.21 bits per heavy atom. The van der Waals surface area contributed by atoms with Gasteiger partial charge in [-0.3, -0.25) is 4.79 Å². The van der Waals surface area contributed by atoms with Crippen LogP contribution in [-0.4, -0.2) is 31.6 Å². The Hall–Kier alpha value is -2.39. The zero-order valence-electron chi connectivity index (χ0n) is 16.3. The van der Waals surface area contributed by atoms with E-state index in [1.807, 2.05) is 22.9 Å². The van der Waals surface area contributed by atoms with Crippen molar-refractivity contribution in [2.75, 3.05) is 16.4 Å². The van der Waals surface area contributed by atoms with Gasteiger partial charge in [0.15, 0.2) is 4.34 Å². The van der Waals surface area contributed by atoms with Crippen LogP contribution in [0.25, 0.3) is 0 Å². The first-order chi connectivity index (χ1) is 14.2. The van der Waals surface area contributed by atoms with Gasteiger partial charge < -0.3 is 10.6 Å². The lowest BCUT2D eigenvalue weighted by atomic mass is 10.1. The van der Waals surface area contributed by atoms with Crippen LogP contribution in [0.4, 0.5) is 16.6 Å². The first-order valence-corrected chi connectivity index (χ1v) is 11.7. The number of hydrogen-bond donors (Lipinski definition) is 2. The molecule has 4 rings (SSSR count). The smallest absolute Gasteiger partial charge is 0.235 e. The van der Waals surface area contributed by atoms with Gasteiger partial charge in [0, 0.05) is 11.8 Å². The van der Waals surface area contributed by atoms with Crippen LogP contribution in [-0.2, 0) is 11.2 Å². The Morgan fingerprint density at radius 2 is 2.00 bits per heavy atom. The van der Waals surface area contributed by atoms with Crippen molar-refractivity contribution in [2.24, 2.45) is 0 Å². The van der Waals surface area contributed by atoms with Gasteiger partial charge in [0.25, 0.3) is 0 Å². The van der Waals surface area contributed by atoms with Gasteiger partial charge in [0.05, 0.1) is 18.0 Å². The number of carbonyl (C=O) groups is 1. The van der Waals surface area contributed by atoms with Gasteiger partial charge in [0.1, 0.15) is 5.82 Å². The zero-order chi connectivity index (χ0) is 20.1. The van der Waals surface area contributed by atoms with Crippen LogP contribution < -0.4 is 10.6 Å². The molecule has 2 heterocycles. The van der Waals surface area contributed by atoms with E-state index in [1.165, 1.54) is 41.5 Å². The summed E-state index contributed by atoms with van der Waals surface area (Å²) in [6.07, 6.45) is 7.47.